The molecular formula is C20H17F3N2O3. The topological polar surface area (TPSA) is 71.3 Å². The van der Waals surface area contributed by atoms with E-state index in [2.05, 4.69) is 5.32 Å². The number of hydrogen-bond acceptors (Lipinski definition) is 4. The number of nitriles is 1. The molecule has 0 fully saturated rings. The highest BCUT2D eigenvalue weighted by Gasteiger charge is 2.29. The molecule has 0 bridgehead atoms. The number of rotatable bonds is 7. The minimum absolute atomic E-state index is 0.103. The zero-order valence-electron chi connectivity index (χ0n) is 14.9. The van der Waals surface area contributed by atoms with Crippen molar-refractivity contribution in [3.63, 3.8) is 0 Å². The summed E-state index contributed by atoms with van der Waals surface area (Å²) in [6.45, 7) is -0.0104. The Morgan fingerprint density at radius 2 is 1.89 bits per heavy atom. The second-order valence-corrected chi connectivity index (χ2v) is 5.60. The molecule has 5 nitrogen and oxygen atoms in total. The van der Waals surface area contributed by atoms with Gasteiger partial charge in [0, 0.05) is 12.6 Å². The number of amides is 1. The summed E-state index contributed by atoms with van der Waals surface area (Å²) in [5.41, 5.74) is 0.486. The number of nitrogens with one attached hydrogen (secondary N) is 1. The molecule has 0 aliphatic carbocycles. The van der Waals surface area contributed by atoms with Crippen LogP contribution in [0.25, 0.3) is 6.08 Å². The second kappa shape index (κ2) is 9.46. The van der Waals surface area contributed by atoms with Crippen LogP contribution in [0.5, 0.6) is 11.5 Å². The predicted molar refractivity (Wildman–Crippen MR) is 96.4 cm³/mol. The number of methoxy groups -OCH3 is 1. The number of hydrogen-bond donors (Lipinski definition) is 1. The van der Waals surface area contributed by atoms with Crippen molar-refractivity contribution in [3.05, 3.63) is 65.2 Å². The zero-order valence-corrected chi connectivity index (χ0v) is 14.9. The highest BCUT2D eigenvalue weighted by Crippen LogP contribution is 2.29. The van der Waals surface area contributed by atoms with Gasteiger partial charge in [-0.2, -0.15) is 18.4 Å². The van der Waals surface area contributed by atoms with Gasteiger partial charge in [0.15, 0.2) is 18.1 Å². The Morgan fingerprint density at radius 3 is 2.50 bits per heavy atom. The fourth-order valence-electron chi connectivity index (χ4n) is 2.25. The first-order chi connectivity index (χ1) is 13.3. The van der Waals surface area contributed by atoms with Crippen LogP contribution < -0.4 is 14.8 Å². The second-order valence-electron chi connectivity index (χ2n) is 5.60. The Bertz CT molecular complexity index is 885. The van der Waals surface area contributed by atoms with Crippen molar-refractivity contribution in [2.24, 2.45) is 0 Å². The van der Waals surface area contributed by atoms with Crippen molar-refractivity contribution in [1.82, 2.24) is 5.32 Å². The van der Waals surface area contributed by atoms with Crippen LogP contribution in [0.1, 0.15) is 16.7 Å². The summed E-state index contributed by atoms with van der Waals surface area (Å²) in [7, 11) is 1.46. The SMILES string of the molecule is COc1cc(/C=C/C(=O)NCc2ccc(C(F)(F)F)cc2)ccc1OCC#N. The minimum atomic E-state index is -4.39. The average molecular weight is 390 g/mol. The van der Waals surface area contributed by atoms with Crippen LogP contribution in [-0.2, 0) is 17.5 Å². The molecule has 1 amide bonds. The summed E-state index contributed by atoms with van der Waals surface area (Å²) >= 11 is 0. The molecule has 0 radical (unpaired) electrons. The quantitative estimate of drug-likeness (QED) is 0.727. The highest BCUT2D eigenvalue weighted by molar-refractivity contribution is 5.91. The Hall–Kier alpha value is -3.47. The van der Waals surface area contributed by atoms with E-state index in [1.165, 1.54) is 25.3 Å². The molecule has 0 aliphatic rings. The molecule has 2 aromatic carbocycles. The number of nitrogens with zero attached hydrogens (tertiary/aromatic N) is 1. The van der Waals surface area contributed by atoms with Gasteiger partial charge in [0.25, 0.3) is 0 Å². The van der Waals surface area contributed by atoms with Crippen LogP contribution in [0.4, 0.5) is 13.2 Å². The molecule has 0 heterocycles. The van der Waals surface area contributed by atoms with Gasteiger partial charge in [-0.15, -0.1) is 0 Å². The molecule has 0 atom stereocenters. The van der Waals surface area contributed by atoms with Gasteiger partial charge < -0.3 is 14.8 Å². The standard InChI is InChI=1S/C20H17F3N2O3/c1-27-18-12-14(4-8-17(18)28-11-10-24)5-9-19(26)25-13-15-2-6-16(7-3-15)20(21,22)23/h2-9,12H,11,13H2,1H3,(H,25,26)/b9-5+. The Kier molecular flexibility index (Phi) is 7.04. The molecule has 0 saturated carbocycles. The first kappa shape index (κ1) is 20.8. The number of ether oxygens (including phenoxy) is 2. The largest absolute Gasteiger partial charge is 0.493 e. The Labute approximate surface area is 160 Å². The van der Waals surface area contributed by atoms with Crippen LogP contribution in [0.3, 0.4) is 0 Å². The maximum atomic E-state index is 12.5. The number of alkyl halides is 3. The summed E-state index contributed by atoms with van der Waals surface area (Å²) in [4.78, 5) is 11.9. The third-order valence-corrected chi connectivity index (χ3v) is 3.66. The van der Waals surface area contributed by atoms with E-state index >= 15 is 0 Å². The van der Waals surface area contributed by atoms with E-state index in [1.54, 1.807) is 24.3 Å². The number of benzene rings is 2. The minimum Gasteiger partial charge on any atom is -0.493 e. The Morgan fingerprint density at radius 1 is 1.18 bits per heavy atom. The third kappa shape index (κ3) is 6.06. The highest BCUT2D eigenvalue weighted by atomic mass is 19.4. The summed E-state index contributed by atoms with van der Waals surface area (Å²) in [5, 5.41) is 11.1. The van der Waals surface area contributed by atoms with Gasteiger partial charge in [-0.05, 0) is 41.5 Å². The molecule has 2 aromatic rings. The molecule has 1 N–H and O–H groups in total. The molecule has 8 heteroatoms. The summed E-state index contributed by atoms with van der Waals surface area (Å²) in [6, 6.07) is 11.4. The van der Waals surface area contributed by atoms with Crippen molar-refractivity contribution < 1.29 is 27.4 Å². The van der Waals surface area contributed by atoms with Gasteiger partial charge >= 0.3 is 6.18 Å². The van der Waals surface area contributed by atoms with Crippen molar-refractivity contribution in [2.45, 2.75) is 12.7 Å². The van der Waals surface area contributed by atoms with Crippen molar-refractivity contribution in [1.29, 1.82) is 5.26 Å². The molecule has 0 unspecified atom stereocenters. The van der Waals surface area contributed by atoms with Crippen molar-refractivity contribution in [3.8, 4) is 17.6 Å². The maximum absolute atomic E-state index is 12.5. The lowest BCUT2D eigenvalue weighted by Crippen LogP contribution is -2.20. The lowest BCUT2D eigenvalue weighted by molar-refractivity contribution is -0.137. The number of halogens is 3. The predicted octanol–water partition coefficient (Wildman–Crippen LogP) is 3.95. The third-order valence-electron chi connectivity index (χ3n) is 3.66. The van der Waals surface area contributed by atoms with E-state index in [0.717, 1.165) is 12.1 Å². The number of carbonyl (C=O) groups is 1. The summed E-state index contributed by atoms with van der Waals surface area (Å²) < 4.78 is 48.0. The van der Waals surface area contributed by atoms with Gasteiger partial charge in [-0.3, -0.25) is 4.79 Å². The first-order valence-corrected chi connectivity index (χ1v) is 8.13. The summed E-state index contributed by atoms with van der Waals surface area (Å²) in [6.07, 6.45) is -1.53. The van der Waals surface area contributed by atoms with E-state index in [0.29, 0.717) is 22.6 Å². The maximum Gasteiger partial charge on any atom is 0.416 e. The molecule has 0 spiro atoms. The van der Waals surface area contributed by atoms with Gasteiger partial charge in [-0.1, -0.05) is 18.2 Å². The fraction of sp³-hybridized carbons (Fsp3) is 0.200. The first-order valence-electron chi connectivity index (χ1n) is 8.13. The average Bonchev–Trinajstić information content (AvgIpc) is 2.69. The molecular weight excluding hydrogens is 373 g/mol. The van der Waals surface area contributed by atoms with Gasteiger partial charge in [0.1, 0.15) is 6.07 Å². The molecule has 0 aromatic heterocycles. The van der Waals surface area contributed by atoms with Gasteiger partial charge in [0.05, 0.1) is 12.7 Å². The molecule has 28 heavy (non-hydrogen) atoms. The van der Waals surface area contributed by atoms with E-state index in [4.69, 9.17) is 14.7 Å². The molecule has 2 rings (SSSR count). The van der Waals surface area contributed by atoms with Crippen LogP contribution in [0, 0.1) is 11.3 Å². The smallest absolute Gasteiger partial charge is 0.416 e. The van der Waals surface area contributed by atoms with Gasteiger partial charge in [-0.25, -0.2) is 0 Å². The van der Waals surface area contributed by atoms with Crippen LogP contribution in [0.15, 0.2) is 48.5 Å². The number of carbonyl (C=O) groups excluding carboxylic acids is 1. The summed E-state index contributed by atoms with van der Waals surface area (Å²) in [5.74, 6) is 0.430. The monoisotopic (exact) mass is 390 g/mol. The Balaban J connectivity index is 1.93. The lowest BCUT2D eigenvalue weighted by atomic mass is 10.1. The molecule has 0 aliphatic heterocycles. The van der Waals surface area contributed by atoms with Crippen LogP contribution >= 0.6 is 0 Å². The van der Waals surface area contributed by atoms with E-state index in [-0.39, 0.29) is 13.2 Å². The van der Waals surface area contributed by atoms with Gasteiger partial charge in [0.2, 0.25) is 5.91 Å². The van der Waals surface area contributed by atoms with E-state index in [1.807, 2.05) is 6.07 Å². The van der Waals surface area contributed by atoms with Crippen molar-refractivity contribution >= 4 is 12.0 Å². The molecule has 146 valence electrons. The molecule has 0 saturated heterocycles. The normalized spacial score (nSPS) is 11.1. The zero-order chi connectivity index (χ0) is 20.6. The lowest BCUT2D eigenvalue weighted by Gasteiger charge is -2.09. The van der Waals surface area contributed by atoms with Crippen LogP contribution in [0.2, 0.25) is 0 Å². The van der Waals surface area contributed by atoms with Crippen molar-refractivity contribution in [2.75, 3.05) is 13.7 Å². The van der Waals surface area contributed by atoms with Crippen LogP contribution in [-0.4, -0.2) is 19.6 Å². The fourth-order valence-corrected chi connectivity index (χ4v) is 2.25. The van der Waals surface area contributed by atoms with E-state index in [9.17, 15) is 18.0 Å². The van der Waals surface area contributed by atoms with E-state index < -0.39 is 17.6 Å².